The number of amides is 1. The van der Waals surface area contributed by atoms with Crippen LogP contribution in [0.15, 0.2) is 60.7 Å². The molecule has 4 nitrogen and oxygen atoms in total. The Morgan fingerprint density at radius 2 is 1.62 bits per heavy atom. The Morgan fingerprint density at radius 3 is 2.12 bits per heavy atom. The SMILES string of the molecule is CCC(CNC(=O)C1(Cc2ccccc2)CC1)(C(=O)O)c1ccccc1. The zero-order valence-electron chi connectivity index (χ0n) is 15.1. The van der Waals surface area contributed by atoms with E-state index in [9.17, 15) is 14.7 Å². The molecule has 1 saturated carbocycles. The summed E-state index contributed by atoms with van der Waals surface area (Å²) in [5.41, 5.74) is 0.391. The minimum absolute atomic E-state index is 0.0311. The highest BCUT2D eigenvalue weighted by atomic mass is 16.4. The number of carbonyl (C=O) groups is 2. The van der Waals surface area contributed by atoms with Crippen molar-refractivity contribution in [1.82, 2.24) is 5.32 Å². The van der Waals surface area contributed by atoms with E-state index in [4.69, 9.17) is 0 Å². The van der Waals surface area contributed by atoms with Crippen LogP contribution < -0.4 is 5.32 Å². The first kappa shape index (κ1) is 18.2. The first-order valence-corrected chi connectivity index (χ1v) is 9.14. The number of aliphatic carboxylic acids is 1. The van der Waals surface area contributed by atoms with Crippen LogP contribution in [0.2, 0.25) is 0 Å². The number of rotatable bonds is 8. The molecular formula is C22H25NO3. The van der Waals surface area contributed by atoms with Crippen LogP contribution in [0.25, 0.3) is 0 Å². The molecule has 0 heterocycles. The van der Waals surface area contributed by atoms with E-state index in [1.165, 1.54) is 0 Å². The molecule has 0 radical (unpaired) electrons. The number of benzene rings is 2. The van der Waals surface area contributed by atoms with Gasteiger partial charge in [0.1, 0.15) is 5.41 Å². The highest BCUT2D eigenvalue weighted by molar-refractivity contribution is 5.87. The van der Waals surface area contributed by atoms with Crippen LogP contribution in [0.1, 0.15) is 37.3 Å². The number of nitrogens with one attached hydrogen (secondary N) is 1. The second kappa shape index (κ2) is 7.32. The average molecular weight is 351 g/mol. The summed E-state index contributed by atoms with van der Waals surface area (Å²) in [4.78, 5) is 24.9. The van der Waals surface area contributed by atoms with Gasteiger partial charge in [0.2, 0.25) is 5.91 Å². The van der Waals surface area contributed by atoms with E-state index in [2.05, 4.69) is 5.32 Å². The molecule has 2 N–H and O–H groups in total. The second-order valence-corrected chi connectivity index (χ2v) is 7.23. The average Bonchev–Trinajstić information content (AvgIpc) is 3.44. The zero-order chi connectivity index (χ0) is 18.6. The van der Waals surface area contributed by atoms with Crippen molar-refractivity contribution in [2.75, 3.05) is 6.54 Å². The van der Waals surface area contributed by atoms with Gasteiger partial charge < -0.3 is 10.4 Å². The minimum Gasteiger partial charge on any atom is -0.481 e. The maximum absolute atomic E-state index is 12.8. The van der Waals surface area contributed by atoms with Gasteiger partial charge in [0.25, 0.3) is 0 Å². The van der Waals surface area contributed by atoms with E-state index in [1.54, 1.807) is 0 Å². The van der Waals surface area contributed by atoms with Crippen molar-refractivity contribution in [1.29, 1.82) is 0 Å². The molecule has 4 heteroatoms. The molecule has 0 saturated heterocycles. The van der Waals surface area contributed by atoms with Gasteiger partial charge in [0.15, 0.2) is 0 Å². The van der Waals surface area contributed by atoms with Crippen molar-refractivity contribution >= 4 is 11.9 Å². The molecule has 0 bridgehead atoms. The molecule has 3 rings (SSSR count). The third kappa shape index (κ3) is 3.50. The summed E-state index contributed by atoms with van der Waals surface area (Å²) in [6.45, 7) is 1.96. The Balaban J connectivity index is 1.73. The number of hydrogen-bond acceptors (Lipinski definition) is 2. The largest absolute Gasteiger partial charge is 0.481 e. The standard InChI is InChI=1S/C22H25NO3/c1-2-22(20(25)26,18-11-7-4-8-12-18)16-23-19(24)21(13-14-21)15-17-9-5-3-6-10-17/h3-12H,2,13-16H2,1H3,(H,23,24)(H,25,26). The van der Waals surface area contributed by atoms with Gasteiger partial charge >= 0.3 is 5.97 Å². The topological polar surface area (TPSA) is 66.4 Å². The lowest BCUT2D eigenvalue weighted by Gasteiger charge is -2.30. The fourth-order valence-corrected chi connectivity index (χ4v) is 3.58. The summed E-state index contributed by atoms with van der Waals surface area (Å²) in [5, 5.41) is 12.9. The molecule has 1 amide bonds. The van der Waals surface area contributed by atoms with Crippen LogP contribution in [0, 0.1) is 5.41 Å². The van der Waals surface area contributed by atoms with E-state index in [0.717, 1.165) is 24.0 Å². The van der Waals surface area contributed by atoms with Gasteiger partial charge in [-0.3, -0.25) is 9.59 Å². The predicted octanol–water partition coefficient (Wildman–Crippen LogP) is 3.56. The molecule has 1 aliphatic carbocycles. The Hall–Kier alpha value is -2.62. The Morgan fingerprint density at radius 1 is 1.04 bits per heavy atom. The smallest absolute Gasteiger partial charge is 0.315 e. The fourth-order valence-electron chi connectivity index (χ4n) is 3.58. The van der Waals surface area contributed by atoms with Crippen molar-refractivity contribution in [3.8, 4) is 0 Å². The molecule has 2 aromatic carbocycles. The second-order valence-electron chi connectivity index (χ2n) is 7.23. The normalized spacial score (nSPS) is 17.1. The fraction of sp³-hybridized carbons (Fsp3) is 0.364. The minimum atomic E-state index is -1.10. The molecule has 1 atom stereocenters. The molecular weight excluding hydrogens is 326 g/mol. The van der Waals surface area contributed by atoms with Crippen LogP contribution in [-0.4, -0.2) is 23.5 Å². The molecule has 1 aliphatic rings. The van der Waals surface area contributed by atoms with Crippen molar-refractivity contribution in [3.63, 3.8) is 0 Å². The molecule has 0 aliphatic heterocycles. The van der Waals surface area contributed by atoms with Crippen LogP contribution in [-0.2, 0) is 21.4 Å². The first-order valence-electron chi connectivity index (χ1n) is 9.14. The van der Waals surface area contributed by atoms with Crippen molar-refractivity contribution in [2.24, 2.45) is 5.41 Å². The van der Waals surface area contributed by atoms with E-state index in [1.807, 2.05) is 67.6 Å². The summed E-state index contributed by atoms with van der Waals surface area (Å²) in [7, 11) is 0. The monoisotopic (exact) mass is 351 g/mol. The van der Waals surface area contributed by atoms with Gasteiger partial charge in [-0.25, -0.2) is 0 Å². The lowest BCUT2D eigenvalue weighted by molar-refractivity contribution is -0.144. The van der Waals surface area contributed by atoms with Gasteiger partial charge in [-0.1, -0.05) is 67.6 Å². The van der Waals surface area contributed by atoms with Gasteiger partial charge in [-0.15, -0.1) is 0 Å². The molecule has 0 spiro atoms. The Bertz CT molecular complexity index is 768. The van der Waals surface area contributed by atoms with Crippen LogP contribution >= 0.6 is 0 Å². The van der Waals surface area contributed by atoms with Gasteiger partial charge in [0.05, 0.1) is 5.41 Å². The quantitative estimate of drug-likeness (QED) is 0.764. The van der Waals surface area contributed by atoms with Crippen molar-refractivity contribution in [3.05, 3.63) is 71.8 Å². The summed E-state index contributed by atoms with van der Waals surface area (Å²) < 4.78 is 0. The third-order valence-electron chi connectivity index (χ3n) is 5.61. The van der Waals surface area contributed by atoms with Crippen LogP contribution in [0.3, 0.4) is 0 Å². The predicted molar refractivity (Wildman–Crippen MR) is 101 cm³/mol. The van der Waals surface area contributed by atoms with E-state index < -0.39 is 11.4 Å². The Kier molecular flexibility index (Phi) is 5.12. The van der Waals surface area contributed by atoms with E-state index in [-0.39, 0.29) is 17.9 Å². The molecule has 2 aromatic rings. The molecule has 1 unspecified atom stereocenters. The highest BCUT2D eigenvalue weighted by Crippen LogP contribution is 2.48. The number of carboxylic acid groups (broad SMARTS) is 1. The highest BCUT2D eigenvalue weighted by Gasteiger charge is 2.50. The summed E-state index contributed by atoms with van der Waals surface area (Å²) >= 11 is 0. The van der Waals surface area contributed by atoms with Crippen molar-refractivity contribution in [2.45, 2.75) is 38.0 Å². The molecule has 26 heavy (non-hydrogen) atoms. The number of carbonyl (C=O) groups excluding carboxylic acids is 1. The maximum Gasteiger partial charge on any atom is 0.315 e. The van der Waals surface area contributed by atoms with Crippen LogP contribution in [0.4, 0.5) is 0 Å². The van der Waals surface area contributed by atoms with Gasteiger partial charge in [-0.05, 0) is 36.8 Å². The third-order valence-corrected chi connectivity index (χ3v) is 5.61. The van der Waals surface area contributed by atoms with Gasteiger partial charge in [-0.2, -0.15) is 0 Å². The van der Waals surface area contributed by atoms with Crippen LogP contribution in [0.5, 0.6) is 0 Å². The zero-order valence-corrected chi connectivity index (χ0v) is 15.1. The maximum atomic E-state index is 12.8. The number of carboxylic acids is 1. The summed E-state index contributed by atoms with van der Waals surface area (Å²) in [6.07, 6.45) is 2.83. The summed E-state index contributed by atoms with van der Waals surface area (Å²) in [5.74, 6) is -0.934. The first-order chi connectivity index (χ1) is 12.5. The number of hydrogen-bond donors (Lipinski definition) is 2. The lowest BCUT2D eigenvalue weighted by Crippen LogP contribution is -2.48. The Labute approximate surface area is 154 Å². The molecule has 1 fully saturated rings. The van der Waals surface area contributed by atoms with Gasteiger partial charge in [0, 0.05) is 6.54 Å². The van der Waals surface area contributed by atoms with E-state index >= 15 is 0 Å². The van der Waals surface area contributed by atoms with Crippen molar-refractivity contribution < 1.29 is 14.7 Å². The lowest BCUT2D eigenvalue weighted by atomic mass is 9.77. The molecule has 136 valence electrons. The molecule has 0 aromatic heterocycles. The van der Waals surface area contributed by atoms with E-state index in [0.29, 0.717) is 12.8 Å². The summed E-state index contributed by atoms with van der Waals surface area (Å²) in [6, 6.07) is 19.2.